The minimum Gasteiger partial charge on any atom is -0.493 e. The van der Waals surface area contributed by atoms with Crippen LogP contribution in [-0.2, 0) is 4.74 Å². The third-order valence-corrected chi connectivity index (χ3v) is 4.83. The molecule has 28 heavy (non-hydrogen) atoms. The molecule has 1 saturated heterocycles. The van der Waals surface area contributed by atoms with E-state index in [0.717, 1.165) is 19.3 Å². The zero-order chi connectivity index (χ0) is 19.9. The summed E-state index contributed by atoms with van der Waals surface area (Å²) >= 11 is 0. The van der Waals surface area contributed by atoms with Gasteiger partial charge in [-0.2, -0.15) is 4.39 Å². The smallest absolute Gasteiger partial charge is 0.201 e. The molecule has 0 spiro atoms. The number of ether oxygens (including phenoxy) is 3. The molecule has 1 heterocycles. The van der Waals surface area contributed by atoms with E-state index in [-0.39, 0.29) is 17.4 Å². The van der Waals surface area contributed by atoms with E-state index >= 15 is 0 Å². The zero-order valence-electron chi connectivity index (χ0n) is 16.1. The van der Waals surface area contributed by atoms with Gasteiger partial charge in [-0.05, 0) is 49.1 Å². The van der Waals surface area contributed by atoms with Crippen LogP contribution < -0.4 is 9.47 Å². The van der Waals surface area contributed by atoms with Crippen molar-refractivity contribution in [3.63, 3.8) is 0 Å². The fourth-order valence-electron chi connectivity index (χ4n) is 3.17. The monoisotopic (exact) mass is 388 g/mol. The lowest BCUT2D eigenvalue weighted by Gasteiger charge is -2.27. The molecule has 0 bridgehead atoms. The summed E-state index contributed by atoms with van der Waals surface area (Å²) < 4.78 is 45.3. The van der Waals surface area contributed by atoms with Crippen molar-refractivity contribution in [3.05, 3.63) is 60.7 Å². The molecule has 0 aromatic heterocycles. The Hall–Kier alpha value is -2.40. The molecular formula is C23H26F2O3. The first-order chi connectivity index (χ1) is 13.6. The summed E-state index contributed by atoms with van der Waals surface area (Å²) in [7, 11) is 0. The highest BCUT2D eigenvalue weighted by Crippen LogP contribution is 2.31. The van der Waals surface area contributed by atoms with Crippen molar-refractivity contribution in [3.8, 4) is 22.6 Å². The van der Waals surface area contributed by atoms with Crippen LogP contribution in [0.3, 0.4) is 0 Å². The summed E-state index contributed by atoms with van der Waals surface area (Å²) in [4.78, 5) is 0. The maximum atomic E-state index is 14.4. The van der Waals surface area contributed by atoms with Gasteiger partial charge >= 0.3 is 0 Å². The predicted octanol–water partition coefficient (Wildman–Crippen LogP) is 5.78. The maximum Gasteiger partial charge on any atom is 0.201 e. The van der Waals surface area contributed by atoms with Crippen LogP contribution in [0.1, 0.15) is 26.2 Å². The first-order valence-electron chi connectivity index (χ1n) is 9.70. The standard InChI is InChI=1S/C23H26F2O3/c1-3-13-26-21-12-11-20(22(24)23(21)25)17-6-9-19(10-7-17)28-15-16-5-8-18(4-2)27-14-16/h4,6-7,9-12,16,18H,2-3,5,8,13-15H2,1H3. The Morgan fingerprint density at radius 2 is 1.86 bits per heavy atom. The molecule has 0 saturated carbocycles. The quantitative estimate of drug-likeness (QED) is 0.537. The molecule has 150 valence electrons. The molecule has 0 N–H and O–H groups in total. The molecule has 2 aromatic carbocycles. The van der Waals surface area contributed by atoms with Crippen LogP contribution in [0, 0.1) is 17.6 Å². The van der Waals surface area contributed by atoms with Gasteiger partial charge in [0.1, 0.15) is 5.75 Å². The van der Waals surface area contributed by atoms with E-state index in [2.05, 4.69) is 6.58 Å². The van der Waals surface area contributed by atoms with Gasteiger partial charge in [0, 0.05) is 11.5 Å². The van der Waals surface area contributed by atoms with Gasteiger partial charge in [-0.1, -0.05) is 25.1 Å². The van der Waals surface area contributed by atoms with E-state index in [4.69, 9.17) is 14.2 Å². The van der Waals surface area contributed by atoms with E-state index in [0.29, 0.717) is 37.1 Å². The van der Waals surface area contributed by atoms with Gasteiger partial charge in [0.25, 0.3) is 0 Å². The summed E-state index contributed by atoms with van der Waals surface area (Å²) in [6.45, 7) is 7.23. The van der Waals surface area contributed by atoms with Crippen molar-refractivity contribution in [2.45, 2.75) is 32.3 Å². The highest BCUT2D eigenvalue weighted by molar-refractivity contribution is 5.66. The van der Waals surface area contributed by atoms with Crippen LogP contribution in [-0.4, -0.2) is 25.9 Å². The normalized spacial score (nSPS) is 19.2. The zero-order valence-corrected chi connectivity index (χ0v) is 16.1. The van der Waals surface area contributed by atoms with E-state index in [1.54, 1.807) is 24.3 Å². The predicted molar refractivity (Wildman–Crippen MR) is 106 cm³/mol. The summed E-state index contributed by atoms with van der Waals surface area (Å²) in [5.74, 6) is -0.882. The van der Waals surface area contributed by atoms with E-state index in [9.17, 15) is 8.78 Å². The molecule has 2 atom stereocenters. The second-order valence-corrected chi connectivity index (χ2v) is 6.97. The SMILES string of the molecule is C=CC1CCC(COc2ccc(-c3ccc(OCCC)c(F)c3F)cc2)CO1. The molecule has 1 aliphatic rings. The Balaban J connectivity index is 1.61. The summed E-state index contributed by atoms with van der Waals surface area (Å²) in [5.41, 5.74) is 0.782. The largest absolute Gasteiger partial charge is 0.493 e. The third kappa shape index (κ3) is 4.90. The van der Waals surface area contributed by atoms with Gasteiger partial charge in [-0.3, -0.25) is 0 Å². The summed E-state index contributed by atoms with van der Waals surface area (Å²) in [6, 6.07) is 9.99. The van der Waals surface area contributed by atoms with E-state index in [1.165, 1.54) is 12.1 Å². The fraction of sp³-hybridized carbons (Fsp3) is 0.391. The molecule has 1 aliphatic heterocycles. The van der Waals surface area contributed by atoms with Gasteiger partial charge in [0.2, 0.25) is 5.82 Å². The van der Waals surface area contributed by atoms with Crippen LogP contribution in [0.4, 0.5) is 8.78 Å². The first kappa shape index (κ1) is 20.3. The minimum atomic E-state index is -0.957. The molecule has 2 aromatic rings. The number of hydrogen-bond donors (Lipinski definition) is 0. The van der Waals surface area contributed by atoms with Gasteiger partial charge in [0.05, 0.1) is 25.9 Å². The molecule has 2 unspecified atom stereocenters. The maximum absolute atomic E-state index is 14.4. The highest BCUT2D eigenvalue weighted by Gasteiger charge is 2.20. The molecule has 0 radical (unpaired) electrons. The lowest BCUT2D eigenvalue weighted by molar-refractivity contribution is -0.00283. The molecular weight excluding hydrogens is 362 g/mol. The van der Waals surface area contributed by atoms with Gasteiger partial charge in [-0.15, -0.1) is 6.58 Å². The molecule has 1 fully saturated rings. The van der Waals surface area contributed by atoms with E-state index < -0.39 is 11.6 Å². The number of hydrogen-bond acceptors (Lipinski definition) is 3. The first-order valence-corrected chi connectivity index (χ1v) is 9.70. The topological polar surface area (TPSA) is 27.7 Å². The Labute approximate surface area is 164 Å². The van der Waals surface area contributed by atoms with Crippen molar-refractivity contribution in [1.29, 1.82) is 0 Å². The number of halogens is 2. The van der Waals surface area contributed by atoms with Crippen LogP contribution in [0.15, 0.2) is 49.1 Å². The Kier molecular flexibility index (Phi) is 7.04. The fourth-order valence-corrected chi connectivity index (χ4v) is 3.17. The van der Waals surface area contributed by atoms with Gasteiger partial charge in [-0.25, -0.2) is 4.39 Å². The lowest BCUT2D eigenvalue weighted by atomic mass is 9.99. The molecule has 3 rings (SSSR count). The van der Waals surface area contributed by atoms with Crippen LogP contribution >= 0.6 is 0 Å². The van der Waals surface area contributed by atoms with Crippen molar-refractivity contribution in [2.75, 3.05) is 19.8 Å². The van der Waals surface area contributed by atoms with Crippen LogP contribution in [0.2, 0.25) is 0 Å². The highest BCUT2D eigenvalue weighted by atomic mass is 19.2. The van der Waals surface area contributed by atoms with Gasteiger partial charge < -0.3 is 14.2 Å². The lowest BCUT2D eigenvalue weighted by Crippen LogP contribution is -2.28. The Bertz CT molecular complexity index is 781. The molecule has 0 aliphatic carbocycles. The minimum absolute atomic E-state index is 0.0588. The Morgan fingerprint density at radius 1 is 1.07 bits per heavy atom. The molecule has 5 heteroatoms. The summed E-state index contributed by atoms with van der Waals surface area (Å²) in [6.07, 6.45) is 4.70. The molecule has 3 nitrogen and oxygen atoms in total. The average molecular weight is 388 g/mol. The Morgan fingerprint density at radius 3 is 2.50 bits per heavy atom. The number of rotatable bonds is 8. The van der Waals surface area contributed by atoms with Crippen molar-refractivity contribution in [1.82, 2.24) is 0 Å². The molecule has 0 amide bonds. The van der Waals surface area contributed by atoms with E-state index in [1.807, 2.05) is 13.0 Å². The third-order valence-electron chi connectivity index (χ3n) is 4.83. The number of benzene rings is 2. The second-order valence-electron chi connectivity index (χ2n) is 6.97. The summed E-state index contributed by atoms with van der Waals surface area (Å²) in [5, 5.41) is 0. The van der Waals surface area contributed by atoms with Crippen molar-refractivity contribution in [2.24, 2.45) is 5.92 Å². The van der Waals surface area contributed by atoms with Crippen LogP contribution in [0.5, 0.6) is 11.5 Å². The average Bonchev–Trinajstić information content (AvgIpc) is 2.74. The van der Waals surface area contributed by atoms with Gasteiger partial charge in [0.15, 0.2) is 11.6 Å². The van der Waals surface area contributed by atoms with Crippen molar-refractivity contribution >= 4 is 0 Å². The van der Waals surface area contributed by atoms with Crippen LogP contribution in [0.25, 0.3) is 11.1 Å². The second kappa shape index (κ2) is 9.69. The van der Waals surface area contributed by atoms with Crippen molar-refractivity contribution < 1.29 is 23.0 Å².